The zero-order valence-electron chi connectivity index (χ0n) is 20.5. The van der Waals surface area contributed by atoms with Gasteiger partial charge in [0.2, 0.25) is 0 Å². The van der Waals surface area contributed by atoms with Crippen molar-refractivity contribution < 1.29 is 14.1 Å². The third kappa shape index (κ3) is 7.41. The van der Waals surface area contributed by atoms with Crippen molar-refractivity contribution in [1.82, 2.24) is 0 Å². The molecule has 1 aromatic rings. The van der Waals surface area contributed by atoms with Crippen LogP contribution in [0.15, 0.2) is 75.8 Å². The maximum Gasteiger partial charge on any atom is 0.308 e. The predicted molar refractivity (Wildman–Crippen MR) is 156 cm³/mol. The molecule has 1 atom stereocenters. The molecule has 6 heteroatoms. The maximum absolute atomic E-state index is 12.1. The lowest BCUT2D eigenvalue weighted by Gasteiger charge is -2.28. The fourth-order valence-electron chi connectivity index (χ4n) is 4.55. The van der Waals surface area contributed by atoms with Gasteiger partial charge in [-0.2, -0.15) is 0 Å². The monoisotopic (exact) mass is 608 g/mol. The first kappa shape index (κ1) is 27.4. The summed E-state index contributed by atoms with van der Waals surface area (Å²) in [5, 5.41) is 1.44. The Morgan fingerprint density at radius 1 is 1.26 bits per heavy atom. The average Bonchev–Trinajstić information content (AvgIpc) is 3.13. The number of methoxy groups -OCH3 is 1. The van der Waals surface area contributed by atoms with Gasteiger partial charge < -0.3 is 4.74 Å². The van der Waals surface area contributed by atoms with Crippen LogP contribution in [0, 0.1) is 11.8 Å². The van der Waals surface area contributed by atoms with Crippen LogP contribution in [0.25, 0.3) is 6.08 Å². The van der Waals surface area contributed by atoms with Crippen LogP contribution in [0.3, 0.4) is 0 Å². The Hall–Kier alpha value is -1.17. The van der Waals surface area contributed by atoms with E-state index in [0.29, 0.717) is 5.92 Å². The Balaban J connectivity index is 1.86. The van der Waals surface area contributed by atoms with Gasteiger partial charge in [-0.3, -0.25) is 4.79 Å². The number of esters is 1. The van der Waals surface area contributed by atoms with Crippen molar-refractivity contribution in [2.45, 2.75) is 45.6 Å². The minimum atomic E-state index is -0.356. The number of hydrogen-bond acceptors (Lipinski definition) is 3. The third-order valence-electron chi connectivity index (χ3n) is 6.52. The van der Waals surface area contributed by atoms with Gasteiger partial charge in [0.05, 0.1) is 13.0 Å². The van der Waals surface area contributed by atoms with Crippen LogP contribution in [0.2, 0.25) is 0 Å². The summed E-state index contributed by atoms with van der Waals surface area (Å²) in [6.45, 7) is 9.47. The molecule has 0 bridgehead atoms. The molecule has 0 spiro atoms. The van der Waals surface area contributed by atoms with Gasteiger partial charge in [0, 0.05) is 27.6 Å². The zero-order valence-corrected chi connectivity index (χ0v) is 24.4. The van der Waals surface area contributed by atoms with Gasteiger partial charge >= 0.3 is 5.97 Å². The molecule has 0 N–H and O–H groups in total. The highest BCUT2D eigenvalue weighted by molar-refractivity contribution is 14.1. The second kappa shape index (κ2) is 13.8. The van der Waals surface area contributed by atoms with Crippen LogP contribution < -0.4 is 4.57 Å². The molecule has 0 saturated heterocycles. The van der Waals surface area contributed by atoms with Gasteiger partial charge in [-0.15, -0.1) is 0 Å². The molecule has 1 fully saturated rings. The molecule has 1 aliphatic heterocycles. The highest BCUT2D eigenvalue weighted by Gasteiger charge is 2.30. The number of pyridine rings is 1. The van der Waals surface area contributed by atoms with Crippen LogP contribution in [-0.2, 0) is 16.1 Å². The van der Waals surface area contributed by atoms with E-state index in [-0.39, 0.29) is 19.8 Å². The van der Waals surface area contributed by atoms with E-state index in [1.54, 1.807) is 0 Å². The SMILES string of the molecule is C=C/C=C\C1=C(C)SC(=CC(=Cc2cc[n+](CCCI)cc2)C2CCC(C(=O)OC)CC2)P1C. The molecule has 0 radical (unpaired) electrons. The standard InChI is InChI=1S/C28H36INO2PS/c1-5-6-8-26-21(2)34-27(33(26)4)20-25(23-9-11-24(12-10-23)28(31)32-3)19-22-13-17-30(18-14-22)16-7-15-29/h5-6,8,13-14,17-20,23-24H,1,7,9-12,15-16H2,2-4H3/q+1/b8-6-,25-19?,27-20?. The number of carbonyl (C=O) groups excluding carboxylic acids is 1. The van der Waals surface area contributed by atoms with Crippen molar-refractivity contribution in [3.63, 3.8) is 0 Å². The van der Waals surface area contributed by atoms with E-state index in [1.807, 2.05) is 23.9 Å². The molecule has 1 aromatic heterocycles. The highest BCUT2D eigenvalue weighted by atomic mass is 127. The Kier molecular flexibility index (Phi) is 11.1. The summed E-state index contributed by atoms with van der Waals surface area (Å²) in [6, 6.07) is 4.45. The first-order valence-corrected chi connectivity index (χ1v) is 16.1. The van der Waals surface area contributed by atoms with Gasteiger partial charge in [-0.25, -0.2) is 4.57 Å². The molecule has 34 heavy (non-hydrogen) atoms. The molecule has 1 unspecified atom stereocenters. The molecule has 1 aliphatic carbocycles. The van der Waals surface area contributed by atoms with Crippen molar-refractivity contribution in [2.24, 2.45) is 11.8 Å². The molecule has 1 saturated carbocycles. The molecule has 182 valence electrons. The number of thioether (sulfide) groups is 1. The van der Waals surface area contributed by atoms with Crippen molar-refractivity contribution in [3.8, 4) is 0 Å². The molecule has 0 amide bonds. The second-order valence-electron chi connectivity index (χ2n) is 8.81. The Bertz CT molecular complexity index is 988. The van der Waals surface area contributed by atoms with Crippen LogP contribution in [0.1, 0.15) is 44.6 Å². The highest BCUT2D eigenvalue weighted by Crippen LogP contribution is 2.64. The van der Waals surface area contributed by atoms with Gasteiger partial charge in [0.15, 0.2) is 12.4 Å². The van der Waals surface area contributed by atoms with Gasteiger partial charge in [0.25, 0.3) is 0 Å². The molecular weight excluding hydrogens is 572 g/mol. The van der Waals surface area contributed by atoms with E-state index in [9.17, 15) is 4.79 Å². The molecule has 3 nitrogen and oxygen atoms in total. The van der Waals surface area contributed by atoms with Crippen molar-refractivity contribution in [2.75, 3.05) is 18.2 Å². The fraction of sp³-hybridized carbons (Fsp3) is 0.429. The minimum Gasteiger partial charge on any atom is -0.469 e. The van der Waals surface area contributed by atoms with Gasteiger partial charge in [-0.05, 0) is 80.5 Å². The number of halogens is 1. The number of allylic oxidation sites excluding steroid dienone is 7. The summed E-state index contributed by atoms with van der Waals surface area (Å²) in [6.07, 6.45) is 20.4. The quantitative estimate of drug-likeness (QED) is 0.0715. The normalized spacial score (nSPS) is 24.8. The van der Waals surface area contributed by atoms with Crippen molar-refractivity contribution in [1.29, 1.82) is 0 Å². The minimum absolute atomic E-state index is 0.0486. The number of aromatic nitrogens is 1. The van der Waals surface area contributed by atoms with E-state index in [1.165, 1.54) is 44.0 Å². The maximum atomic E-state index is 12.1. The second-order valence-corrected chi connectivity index (χ2v) is 13.5. The first-order chi connectivity index (χ1) is 16.5. The number of nitrogens with zero attached hydrogens (tertiary/aromatic N) is 1. The lowest BCUT2D eigenvalue weighted by molar-refractivity contribution is -0.696. The Labute approximate surface area is 224 Å². The summed E-state index contributed by atoms with van der Waals surface area (Å²) in [4.78, 5) is 13.4. The summed E-state index contributed by atoms with van der Waals surface area (Å²) >= 11 is 4.35. The van der Waals surface area contributed by atoms with Gasteiger partial charge in [0.1, 0.15) is 6.54 Å². The summed E-state index contributed by atoms with van der Waals surface area (Å²) in [5.74, 6) is 0.465. The Morgan fingerprint density at radius 2 is 1.94 bits per heavy atom. The average molecular weight is 609 g/mol. The van der Waals surface area contributed by atoms with E-state index in [0.717, 1.165) is 32.2 Å². The summed E-state index contributed by atoms with van der Waals surface area (Å²) in [7, 11) is 1.15. The third-order valence-corrected chi connectivity index (χ3v) is 11.4. The van der Waals surface area contributed by atoms with E-state index >= 15 is 0 Å². The fourth-order valence-corrected chi connectivity index (χ4v) is 8.73. The van der Waals surface area contributed by atoms with E-state index in [4.69, 9.17) is 4.74 Å². The van der Waals surface area contributed by atoms with Gasteiger partial charge in [-0.1, -0.05) is 65.2 Å². The molecular formula is C28H36INO2PS+. The van der Waals surface area contributed by atoms with Crippen LogP contribution >= 0.6 is 42.3 Å². The number of aryl methyl sites for hydroxylation is 1. The number of rotatable bonds is 9. The van der Waals surface area contributed by atoms with Crippen LogP contribution in [0.4, 0.5) is 0 Å². The molecule has 2 aliphatic rings. The first-order valence-electron chi connectivity index (χ1n) is 11.9. The lowest BCUT2D eigenvalue weighted by atomic mass is 9.78. The predicted octanol–water partition coefficient (Wildman–Crippen LogP) is 7.84. The molecule has 3 rings (SSSR count). The van der Waals surface area contributed by atoms with Crippen LogP contribution in [-0.4, -0.2) is 24.2 Å². The number of ether oxygens (including phenoxy) is 1. The van der Waals surface area contributed by atoms with Crippen molar-refractivity contribution in [3.05, 3.63) is 81.4 Å². The lowest BCUT2D eigenvalue weighted by Crippen LogP contribution is -2.32. The van der Waals surface area contributed by atoms with E-state index in [2.05, 4.69) is 90.1 Å². The Morgan fingerprint density at radius 3 is 2.56 bits per heavy atom. The molecule has 0 aromatic carbocycles. The summed E-state index contributed by atoms with van der Waals surface area (Å²) < 4.78 is 9.91. The van der Waals surface area contributed by atoms with Crippen LogP contribution in [0.5, 0.6) is 0 Å². The smallest absolute Gasteiger partial charge is 0.308 e. The number of alkyl halides is 1. The number of hydrogen-bond donors (Lipinski definition) is 0. The van der Waals surface area contributed by atoms with Crippen molar-refractivity contribution >= 4 is 54.3 Å². The summed E-state index contributed by atoms with van der Waals surface area (Å²) in [5.41, 5.74) is 2.64. The van der Waals surface area contributed by atoms with E-state index < -0.39 is 0 Å². The topological polar surface area (TPSA) is 30.2 Å². The largest absolute Gasteiger partial charge is 0.469 e. The number of carbonyl (C=O) groups is 1. The zero-order chi connectivity index (χ0) is 24.5. The molecule has 2 heterocycles.